The Morgan fingerprint density at radius 3 is 2.24 bits per heavy atom. The molecule has 2 saturated heterocycles. The monoisotopic (exact) mass is 393 g/mol. The molecule has 2 aliphatic rings. The van der Waals surface area contributed by atoms with Crippen LogP contribution in [0.2, 0.25) is 0 Å². The minimum absolute atomic E-state index is 0.0838. The average molecular weight is 393 g/mol. The van der Waals surface area contributed by atoms with Crippen LogP contribution in [0.4, 0.5) is 4.79 Å². The molecule has 5 nitrogen and oxygen atoms in total. The molecule has 2 aliphatic heterocycles. The third-order valence-corrected chi connectivity index (χ3v) is 5.95. The fourth-order valence-corrected chi connectivity index (χ4v) is 4.36. The number of amides is 1. The van der Waals surface area contributed by atoms with E-state index in [1.807, 2.05) is 54.6 Å². The molecule has 29 heavy (non-hydrogen) atoms. The van der Waals surface area contributed by atoms with Crippen LogP contribution in [0.1, 0.15) is 41.3 Å². The van der Waals surface area contributed by atoms with Gasteiger partial charge in [0.25, 0.3) is 0 Å². The van der Waals surface area contributed by atoms with E-state index >= 15 is 0 Å². The minimum Gasteiger partial charge on any atom is -0.445 e. The van der Waals surface area contributed by atoms with E-state index in [4.69, 9.17) is 9.47 Å². The normalized spacial score (nSPS) is 23.5. The maximum absolute atomic E-state index is 13.0. The van der Waals surface area contributed by atoms with Crippen LogP contribution in [0.5, 0.6) is 0 Å². The van der Waals surface area contributed by atoms with Crippen molar-refractivity contribution < 1.29 is 19.1 Å². The van der Waals surface area contributed by atoms with E-state index in [9.17, 15) is 9.59 Å². The van der Waals surface area contributed by atoms with Crippen molar-refractivity contribution in [3.8, 4) is 0 Å². The van der Waals surface area contributed by atoms with Gasteiger partial charge in [0.1, 0.15) is 6.61 Å². The molecule has 5 heteroatoms. The Bertz CT molecular complexity index is 835. The highest BCUT2D eigenvalue weighted by atomic mass is 16.6. The molecule has 2 aromatic carbocycles. The smallest absolute Gasteiger partial charge is 0.410 e. The lowest BCUT2D eigenvalue weighted by Crippen LogP contribution is -2.59. The first kappa shape index (κ1) is 19.6. The quantitative estimate of drug-likeness (QED) is 0.713. The van der Waals surface area contributed by atoms with Crippen LogP contribution in [0.3, 0.4) is 0 Å². The van der Waals surface area contributed by atoms with Crippen molar-refractivity contribution in [1.29, 1.82) is 0 Å². The third kappa shape index (κ3) is 4.35. The van der Waals surface area contributed by atoms with Gasteiger partial charge in [0.15, 0.2) is 5.78 Å². The highest BCUT2D eigenvalue weighted by Crippen LogP contribution is 2.34. The van der Waals surface area contributed by atoms with Crippen LogP contribution < -0.4 is 0 Å². The van der Waals surface area contributed by atoms with E-state index < -0.39 is 0 Å². The average Bonchev–Trinajstić information content (AvgIpc) is 2.77. The Balaban J connectivity index is 1.41. The number of aryl methyl sites for hydroxylation is 1. The SMILES string of the molecule is CCc1ccc(C(=O)C2CC3COCC(C2)N3C(=O)OCc2ccccc2)cc1. The summed E-state index contributed by atoms with van der Waals surface area (Å²) in [5, 5.41) is 0. The zero-order valence-corrected chi connectivity index (χ0v) is 16.8. The summed E-state index contributed by atoms with van der Waals surface area (Å²) in [7, 11) is 0. The predicted molar refractivity (Wildman–Crippen MR) is 110 cm³/mol. The summed E-state index contributed by atoms with van der Waals surface area (Å²) in [6.07, 6.45) is 1.88. The first-order chi connectivity index (χ1) is 14.2. The number of fused-ring (bicyclic) bond motifs is 2. The fraction of sp³-hybridized carbons (Fsp3) is 0.417. The zero-order chi connectivity index (χ0) is 20.2. The molecule has 2 unspecified atom stereocenters. The Morgan fingerprint density at radius 2 is 1.62 bits per heavy atom. The van der Waals surface area contributed by atoms with E-state index in [0.717, 1.165) is 17.5 Å². The van der Waals surface area contributed by atoms with Gasteiger partial charge in [-0.2, -0.15) is 0 Å². The number of rotatable bonds is 5. The molecule has 0 spiro atoms. The number of ketones is 1. The van der Waals surface area contributed by atoms with Crippen molar-refractivity contribution in [3.63, 3.8) is 0 Å². The van der Waals surface area contributed by atoms with Gasteiger partial charge < -0.3 is 9.47 Å². The van der Waals surface area contributed by atoms with Gasteiger partial charge in [-0.05, 0) is 30.4 Å². The molecule has 4 rings (SSSR count). The lowest BCUT2D eigenvalue weighted by molar-refractivity contribution is -0.0755. The second-order valence-corrected chi connectivity index (χ2v) is 7.88. The molecule has 2 fully saturated rings. The molecule has 2 atom stereocenters. The summed E-state index contributed by atoms with van der Waals surface area (Å²) in [5.74, 6) is 0.0846. The summed E-state index contributed by atoms with van der Waals surface area (Å²) in [6, 6.07) is 17.3. The molecule has 0 aromatic heterocycles. The molecule has 0 aliphatic carbocycles. The van der Waals surface area contributed by atoms with Gasteiger partial charge in [0.2, 0.25) is 0 Å². The van der Waals surface area contributed by atoms with Gasteiger partial charge >= 0.3 is 6.09 Å². The Kier molecular flexibility index (Phi) is 5.95. The molecule has 2 bridgehead atoms. The van der Waals surface area contributed by atoms with Crippen LogP contribution in [-0.2, 0) is 22.5 Å². The number of hydrogen-bond donors (Lipinski definition) is 0. The zero-order valence-electron chi connectivity index (χ0n) is 16.8. The van der Waals surface area contributed by atoms with Crippen LogP contribution in [-0.4, -0.2) is 42.1 Å². The molecular weight excluding hydrogens is 366 g/mol. The lowest BCUT2D eigenvalue weighted by Gasteiger charge is -2.47. The summed E-state index contributed by atoms with van der Waals surface area (Å²) < 4.78 is 11.2. The van der Waals surface area contributed by atoms with Gasteiger partial charge in [-0.25, -0.2) is 4.79 Å². The first-order valence-corrected chi connectivity index (χ1v) is 10.4. The summed E-state index contributed by atoms with van der Waals surface area (Å²) in [6.45, 7) is 3.26. The van der Waals surface area contributed by atoms with Crippen molar-refractivity contribution in [2.75, 3.05) is 13.2 Å². The van der Waals surface area contributed by atoms with Gasteiger partial charge in [-0.15, -0.1) is 0 Å². The van der Waals surface area contributed by atoms with Gasteiger partial charge in [-0.3, -0.25) is 9.69 Å². The van der Waals surface area contributed by atoms with Crippen molar-refractivity contribution in [3.05, 3.63) is 71.3 Å². The van der Waals surface area contributed by atoms with Crippen LogP contribution in [0, 0.1) is 5.92 Å². The highest BCUT2D eigenvalue weighted by molar-refractivity contribution is 5.98. The maximum atomic E-state index is 13.0. The first-order valence-electron chi connectivity index (χ1n) is 10.4. The van der Waals surface area contributed by atoms with E-state index in [2.05, 4.69) is 6.92 Å². The number of piperidine rings is 1. The van der Waals surface area contributed by atoms with Crippen LogP contribution >= 0.6 is 0 Å². The van der Waals surface area contributed by atoms with Crippen molar-refractivity contribution in [2.45, 2.75) is 44.9 Å². The summed E-state index contributed by atoms with van der Waals surface area (Å²) in [4.78, 5) is 27.6. The molecular formula is C24H27NO4. The fourth-order valence-electron chi connectivity index (χ4n) is 4.36. The number of morpholine rings is 1. The number of benzene rings is 2. The second kappa shape index (κ2) is 8.78. The molecule has 0 N–H and O–H groups in total. The predicted octanol–water partition coefficient (Wildman–Crippen LogP) is 4.25. The van der Waals surface area contributed by atoms with Crippen molar-refractivity contribution in [2.24, 2.45) is 5.92 Å². The standard InChI is InChI=1S/C24H27NO4/c1-2-17-8-10-19(11-9-17)23(26)20-12-21-15-28-16-22(13-20)25(21)24(27)29-14-18-6-4-3-5-7-18/h3-11,20-22H,2,12-16H2,1H3. The largest absolute Gasteiger partial charge is 0.445 e. The van der Waals surface area contributed by atoms with Crippen molar-refractivity contribution >= 4 is 11.9 Å². The number of ether oxygens (including phenoxy) is 2. The Hall–Kier alpha value is -2.66. The molecule has 2 heterocycles. The van der Waals surface area contributed by atoms with E-state index in [1.54, 1.807) is 4.90 Å². The third-order valence-electron chi connectivity index (χ3n) is 5.95. The minimum atomic E-state index is -0.314. The highest BCUT2D eigenvalue weighted by Gasteiger charge is 2.44. The van der Waals surface area contributed by atoms with Crippen molar-refractivity contribution in [1.82, 2.24) is 4.90 Å². The molecule has 0 saturated carbocycles. The van der Waals surface area contributed by atoms with Crippen LogP contribution in [0.25, 0.3) is 0 Å². The number of carbonyl (C=O) groups excluding carboxylic acids is 2. The van der Waals surface area contributed by atoms with E-state index in [0.29, 0.717) is 26.1 Å². The van der Waals surface area contributed by atoms with Crippen LogP contribution in [0.15, 0.2) is 54.6 Å². The van der Waals surface area contributed by atoms with Gasteiger partial charge in [-0.1, -0.05) is 61.5 Å². The van der Waals surface area contributed by atoms with E-state index in [-0.39, 0.29) is 36.5 Å². The molecule has 152 valence electrons. The lowest BCUT2D eigenvalue weighted by atomic mass is 9.80. The molecule has 1 amide bonds. The van der Waals surface area contributed by atoms with E-state index in [1.165, 1.54) is 5.56 Å². The van der Waals surface area contributed by atoms with Gasteiger partial charge in [0.05, 0.1) is 25.3 Å². The second-order valence-electron chi connectivity index (χ2n) is 7.88. The molecule has 0 radical (unpaired) electrons. The topological polar surface area (TPSA) is 55.8 Å². The Morgan fingerprint density at radius 1 is 0.966 bits per heavy atom. The Labute approximate surface area is 171 Å². The number of nitrogens with zero attached hydrogens (tertiary/aromatic N) is 1. The summed E-state index contributed by atoms with van der Waals surface area (Å²) >= 11 is 0. The summed E-state index contributed by atoms with van der Waals surface area (Å²) in [5.41, 5.74) is 2.94. The molecule has 2 aromatic rings. The number of Topliss-reactive ketones (excluding diaryl/α,β-unsaturated/α-hetero) is 1. The van der Waals surface area contributed by atoms with Gasteiger partial charge in [0, 0.05) is 11.5 Å². The maximum Gasteiger partial charge on any atom is 0.410 e. The number of hydrogen-bond acceptors (Lipinski definition) is 4. The number of carbonyl (C=O) groups is 2.